The monoisotopic (exact) mass is 291 g/mol. The second kappa shape index (κ2) is 5.85. The van der Waals surface area contributed by atoms with Crippen molar-refractivity contribution in [1.82, 2.24) is 5.32 Å². The van der Waals surface area contributed by atoms with Gasteiger partial charge in [-0.25, -0.2) is 0 Å². The molecule has 0 heterocycles. The lowest BCUT2D eigenvalue weighted by Gasteiger charge is -2.15. The first-order valence-corrected chi connectivity index (χ1v) is 6.04. The Balaban J connectivity index is 2.69. The summed E-state index contributed by atoms with van der Waals surface area (Å²) in [5, 5.41) is 13.7. The topological polar surface area (TPSA) is 32.3 Å². The fourth-order valence-electron chi connectivity index (χ4n) is 1.23. The molecule has 0 radical (unpaired) electrons. The van der Waals surface area contributed by atoms with Gasteiger partial charge in [0, 0.05) is 22.1 Å². The first-order valence-electron chi connectivity index (χ1n) is 4.87. The molecule has 2 nitrogen and oxygen atoms in total. The molecule has 0 fully saturated rings. The van der Waals surface area contributed by atoms with Crippen LogP contribution in [0.15, 0.2) is 22.7 Å². The van der Waals surface area contributed by atoms with Gasteiger partial charge >= 0.3 is 0 Å². The summed E-state index contributed by atoms with van der Waals surface area (Å²) in [4.78, 5) is 0. The number of halogens is 2. The van der Waals surface area contributed by atoms with Crippen molar-refractivity contribution >= 4 is 27.5 Å². The summed E-state index contributed by atoms with van der Waals surface area (Å²) in [6.45, 7) is 4.63. The number of rotatable bonds is 4. The molecule has 0 aliphatic rings. The van der Waals surface area contributed by atoms with Gasteiger partial charge in [0.15, 0.2) is 0 Å². The molecule has 0 saturated heterocycles. The molecule has 0 amide bonds. The van der Waals surface area contributed by atoms with Gasteiger partial charge in [0.1, 0.15) is 0 Å². The van der Waals surface area contributed by atoms with E-state index in [1.165, 1.54) is 0 Å². The van der Waals surface area contributed by atoms with Crippen LogP contribution in [0.2, 0.25) is 5.02 Å². The number of hydrogen-bond donors (Lipinski definition) is 2. The lowest BCUT2D eigenvalue weighted by Crippen LogP contribution is -2.28. The van der Waals surface area contributed by atoms with Crippen LogP contribution in [-0.2, 0) is 0 Å². The molecule has 1 atom stereocenters. The summed E-state index contributed by atoms with van der Waals surface area (Å²) in [7, 11) is 0. The quantitative estimate of drug-likeness (QED) is 0.893. The van der Waals surface area contributed by atoms with E-state index in [1.54, 1.807) is 12.1 Å². The Bertz CT molecular complexity index is 330. The highest BCUT2D eigenvalue weighted by molar-refractivity contribution is 9.10. The lowest BCUT2D eigenvalue weighted by atomic mass is 10.1. The van der Waals surface area contributed by atoms with Gasteiger partial charge in [-0.3, -0.25) is 0 Å². The summed E-state index contributed by atoms with van der Waals surface area (Å²) >= 11 is 9.20. The minimum atomic E-state index is -0.515. The van der Waals surface area contributed by atoms with Crippen molar-refractivity contribution < 1.29 is 5.11 Å². The average Bonchev–Trinajstić information content (AvgIpc) is 2.14. The fourth-order valence-corrected chi connectivity index (χ4v) is 2.18. The van der Waals surface area contributed by atoms with Crippen molar-refractivity contribution in [2.75, 3.05) is 6.54 Å². The van der Waals surface area contributed by atoms with Gasteiger partial charge in [-0.15, -0.1) is 0 Å². The molecular formula is C11H15BrClNO. The molecular weight excluding hydrogens is 277 g/mol. The van der Waals surface area contributed by atoms with Crippen LogP contribution in [0.4, 0.5) is 0 Å². The molecule has 0 aliphatic heterocycles. The second-order valence-corrected chi connectivity index (χ2v) is 5.04. The smallest absolute Gasteiger partial charge is 0.0925 e. The Morgan fingerprint density at radius 3 is 2.67 bits per heavy atom. The SMILES string of the molecule is CC(C)NCC(O)c1ccc(Cl)cc1Br. The van der Waals surface area contributed by atoms with Crippen LogP contribution < -0.4 is 5.32 Å². The van der Waals surface area contributed by atoms with E-state index >= 15 is 0 Å². The van der Waals surface area contributed by atoms with E-state index in [-0.39, 0.29) is 0 Å². The summed E-state index contributed by atoms with van der Waals surface area (Å²) in [5.74, 6) is 0. The van der Waals surface area contributed by atoms with Crippen molar-refractivity contribution in [3.63, 3.8) is 0 Å². The number of nitrogens with one attached hydrogen (secondary N) is 1. The lowest BCUT2D eigenvalue weighted by molar-refractivity contribution is 0.171. The van der Waals surface area contributed by atoms with Crippen LogP contribution in [0.3, 0.4) is 0 Å². The van der Waals surface area contributed by atoms with Crippen molar-refractivity contribution in [2.45, 2.75) is 26.0 Å². The minimum absolute atomic E-state index is 0.366. The zero-order valence-corrected chi connectivity index (χ0v) is 11.1. The highest BCUT2D eigenvalue weighted by Crippen LogP contribution is 2.26. The zero-order valence-electron chi connectivity index (χ0n) is 8.80. The maximum atomic E-state index is 9.91. The van der Waals surface area contributed by atoms with Crippen molar-refractivity contribution in [3.8, 4) is 0 Å². The van der Waals surface area contributed by atoms with Gasteiger partial charge in [0.05, 0.1) is 6.10 Å². The second-order valence-electron chi connectivity index (χ2n) is 3.74. The van der Waals surface area contributed by atoms with E-state index in [0.29, 0.717) is 17.6 Å². The molecule has 0 spiro atoms. The fraction of sp³-hybridized carbons (Fsp3) is 0.455. The molecule has 0 aliphatic carbocycles. The van der Waals surface area contributed by atoms with Crippen LogP contribution in [0.5, 0.6) is 0 Å². The first kappa shape index (κ1) is 13.0. The normalized spacial score (nSPS) is 13.2. The number of hydrogen-bond acceptors (Lipinski definition) is 2. The van der Waals surface area contributed by atoms with Crippen molar-refractivity contribution in [1.29, 1.82) is 0 Å². The third-order valence-electron chi connectivity index (χ3n) is 2.04. The highest BCUT2D eigenvalue weighted by atomic mass is 79.9. The third kappa shape index (κ3) is 4.11. The van der Waals surface area contributed by atoms with Crippen LogP contribution >= 0.6 is 27.5 Å². The van der Waals surface area contributed by atoms with Crippen LogP contribution in [-0.4, -0.2) is 17.7 Å². The van der Waals surface area contributed by atoms with E-state index in [0.717, 1.165) is 10.0 Å². The molecule has 1 aromatic rings. The molecule has 1 unspecified atom stereocenters. The summed E-state index contributed by atoms with van der Waals surface area (Å²) in [6, 6.07) is 5.76. The third-order valence-corrected chi connectivity index (χ3v) is 2.96. The predicted molar refractivity (Wildman–Crippen MR) is 67.3 cm³/mol. The van der Waals surface area contributed by atoms with Gasteiger partial charge in [0.2, 0.25) is 0 Å². The van der Waals surface area contributed by atoms with Crippen molar-refractivity contribution in [3.05, 3.63) is 33.3 Å². The van der Waals surface area contributed by atoms with E-state index in [2.05, 4.69) is 21.2 Å². The molecule has 2 N–H and O–H groups in total. The largest absolute Gasteiger partial charge is 0.387 e. The van der Waals surface area contributed by atoms with E-state index in [4.69, 9.17) is 11.6 Å². The Labute approximate surface area is 104 Å². The van der Waals surface area contributed by atoms with Crippen molar-refractivity contribution in [2.24, 2.45) is 0 Å². The molecule has 15 heavy (non-hydrogen) atoms. The summed E-state index contributed by atoms with van der Waals surface area (Å²) in [6.07, 6.45) is -0.515. The zero-order chi connectivity index (χ0) is 11.4. The van der Waals surface area contributed by atoms with Gasteiger partial charge in [-0.1, -0.05) is 47.4 Å². The average molecular weight is 293 g/mol. The van der Waals surface area contributed by atoms with Gasteiger partial charge < -0.3 is 10.4 Å². The summed E-state index contributed by atoms with van der Waals surface area (Å²) in [5.41, 5.74) is 0.854. The van der Waals surface area contributed by atoms with Gasteiger partial charge in [-0.05, 0) is 17.7 Å². The molecule has 0 saturated carbocycles. The Morgan fingerprint density at radius 2 is 2.13 bits per heavy atom. The predicted octanol–water partition coefficient (Wildman–Crippen LogP) is 3.13. The highest BCUT2D eigenvalue weighted by Gasteiger charge is 2.11. The summed E-state index contributed by atoms with van der Waals surface area (Å²) < 4.78 is 0.841. The van der Waals surface area contributed by atoms with Crippen LogP contribution in [0.1, 0.15) is 25.5 Å². The van der Waals surface area contributed by atoms with Gasteiger partial charge in [0.25, 0.3) is 0 Å². The molecule has 84 valence electrons. The molecule has 1 aromatic carbocycles. The number of aliphatic hydroxyl groups is 1. The first-order chi connectivity index (χ1) is 7.00. The minimum Gasteiger partial charge on any atom is -0.387 e. The number of aliphatic hydroxyl groups excluding tert-OH is 1. The molecule has 0 aromatic heterocycles. The standard InChI is InChI=1S/C11H15BrClNO/c1-7(2)14-6-11(15)9-4-3-8(13)5-10(9)12/h3-5,7,11,14-15H,6H2,1-2H3. The van der Waals surface area contributed by atoms with E-state index < -0.39 is 6.10 Å². The molecule has 4 heteroatoms. The Morgan fingerprint density at radius 1 is 1.47 bits per heavy atom. The molecule has 0 bridgehead atoms. The van der Waals surface area contributed by atoms with E-state index in [1.807, 2.05) is 19.9 Å². The van der Waals surface area contributed by atoms with E-state index in [9.17, 15) is 5.11 Å². The van der Waals surface area contributed by atoms with Crippen LogP contribution in [0.25, 0.3) is 0 Å². The number of benzene rings is 1. The maximum Gasteiger partial charge on any atom is 0.0925 e. The Kier molecular flexibility index (Phi) is 5.06. The molecule has 1 rings (SSSR count). The Hall–Kier alpha value is -0.0900. The maximum absolute atomic E-state index is 9.91. The van der Waals surface area contributed by atoms with Crippen LogP contribution in [0, 0.1) is 0 Å². The van der Waals surface area contributed by atoms with Gasteiger partial charge in [-0.2, -0.15) is 0 Å².